The number of rotatable bonds is 5. The summed E-state index contributed by atoms with van der Waals surface area (Å²) in [5, 5.41) is 0.866. The summed E-state index contributed by atoms with van der Waals surface area (Å²) in [6, 6.07) is 9.35. The highest BCUT2D eigenvalue weighted by Crippen LogP contribution is 2.37. The number of hydrogen-bond acceptors (Lipinski definition) is 8. The van der Waals surface area contributed by atoms with Crippen LogP contribution in [0.15, 0.2) is 41.6 Å². The maximum absolute atomic E-state index is 13.5. The van der Waals surface area contributed by atoms with Crippen LogP contribution in [-0.4, -0.2) is 81.6 Å². The molecule has 0 saturated carbocycles. The van der Waals surface area contributed by atoms with Crippen molar-refractivity contribution < 1.29 is 17.9 Å². The van der Waals surface area contributed by atoms with Gasteiger partial charge in [0.2, 0.25) is 10.0 Å². The van der Waals surface area contributed by atoms with Crippen LogP contribution in [0.1, 0.15) is 11.1 Å². The summed E-state index contributed by atoms with van der Waals surface area (Å²) >= 11 is 0. The minimum Gasteiger partial charge on any atom is -0.493 e. The van der Waals surface area contributed by atoms with Gasteiger partial charge in [0, 0.05) is 50.7 Å². The molecule has 2 aromatic carbocycles. The lowest BCUT2D eigenvalue weighted by Crippen LogP contribution is -2.47. The topological polar surface area (TPSA) is 88.1 Å². The number of ether oxygens (including phenoxy) is 2. The van der Waals surface area contributed by atoms with Crippen molar-refractivity contribution in [1.29, 1.82) is 0 Å². The fourth-order valence-corrected chi connectivity index (χ4v) is 6.50. The molecule has 0 bridgehead atoms. The molecule has 0 aliphatic carbocycles. The minimum absolute atomic E-state index is 0.438. The Labute approximate surface area is 200 Å². The Hall–Kier alpha value is -2.95. The number of nitrogens with zero attached hydrogens (tertiary/aromatic N) is 5. The number of piperazine rings is 1. The first-order valence-electron chi connectivity index (χ1n) is 11.3. The molecule has 2 aliphatic rings. The van der Waals surface area contributed by atoms with Gasteiger partial charge in [-0.15, -0.1) is 0 Å². The lowest BCUT2D eigenvalue weighted by molar-refractivity contribution is 0.222. The number of hydrogen-bond donors (Lipinski definition) is 0. The Kier molecular flexibility index (Phi) is 6.05. The maximum Gasteiger partial charge on any atom is 0.243 e. The van der Waals surface area contributed by atoms with Crippen LogP contribution >= 0.6 is 0 Å². The highest BCUT2D eigenvalue weighted by molar-refractivity contribution is 7.89. The van der Waals surface area contributed by atoms with Crippen molar-refractivity contribution in [2.24, 2.45) is 0 Å². The van der Waals surface area contributed by atoms with Crippen LogP contribution in [0.3, 0.4) is 0 Å². The first kappa shape index (κ1) is 22.8. The van der Waals surface area contributed by atoms with Gasteiger partial charge in [-0.25, -0.2) is 18.4 Å². The van der Waals surface area contributed by atoms with Crippen molar-refractivity contribution in [2.75, 3.05) is 58.9 Å². The van der Waals surface area contributed by atoms with E-state index in [2.05, 4.69) is 19.8 Å². The van der Waals surface area contributed by atoms with Gasteiger partial charge in [-0.1, -0.05) is 12.1 Å². The highest BCUT2D eigenvalue weighted by Gasteiger charge is 2.32. The van der Waals surface area contributed by atoms with Gasteiger partial charge in [-0.3, -0.25) is 0 Å². The third kappa shape index (κ3) is 3.95. The molecule has 1 aromatic heterocycles. The van der Waals surface area contributed by atoms with E-state index in [-0.39, 0.29) is 0 Å². The Morgan fingerprint density at radius 3 is 2.41 bits per heavy atom. The van der Waals surface area contributed by atoms with Crippen molar-refractivity contribution in [2.45, 2.75) is 17.9 Å². The zero-order valence-electron chi connectivity index (χ0n) is 19.7. The van der Waals surface area contributed by atoms with Gasteiger partial charge in [0.15, 0.2) is 11.5 Å². The molecule has 34 heavy (non-hydrogen) atoms. The number of fused-ring (bicyclic) bond motifs is 2. The Bertz CT molecular complexity index is 1320. The van der Waals surface area contributed by atoms with E-state index in [1.54, 1.807) is 30.9 Å². The van der Waals surface area contributed by atoms with Crippen molar-refractivity contribution in [3.8, 4) is 11.5 Å². The van der Waals surface area contributed by atoms with Gasteiger partial charge in [0.25, 0.3) is 0 Å². The standard InChI is InChI=1S/C24H29N5O4S/c1-27-9-11-29(12-10-27)34(30,31)23-6-4-5-17-15-28(8-7-18(17)23)24-19-13-21(32-2)22(33-3)14-20(19)25-16-26-24/h4-6,13-14,16H,7-12,15H2,1-3H3. The molecule has 0 atom stereocenters. The van der Waals surface area contributed by atoms with Gasteiger partial charge in [-0.2, -0.15) is 4.31 Å². The molecule has 0 N–H and O–H groups in total. The number of methoxy groups -OCH3 is 2. The van der Waals surface area contributed by atoms with E-state index in [4.69, 9.17) is 9.47 Å². The van der Waals surface area contributed by atoms with E-state index >= 15 is 0 Å². The normalized spacial score (nSPS) is 17.6. The summed E-state index contributed by atoms with van der Waals surface area (Å²) in [5.41, 5.74) is 2.68. The third-order valence-electron chi connectivity index (χ3n) is 6.72. The SMILES string of the molecule is COc1cc2ncnc(N3CCc4c(cccc4S(=O)(=O)N4CCN(C)CC4)C3)c2cc1OC. The van der Waals surface area contributed by atoms with Gasteiger partial charge in [-0.05, 0) is 36.7 Å². The number of sulfonamides is 1. The molecule has 0 unspecified atom stereocenters. The summed E-state index contributed by atoms with van der Waals surface area (Å²) in [6.45, 7) is 3.76. The third-order valence-corrected chi connectivity index (χ3v) is 8.71. The fraction of sp³-hybridized carbons (Fsp3) is 0.417. The van der Waals surface area contributed by atoms with Crippen molar-refractivity contribution in [3.05, 3.63) is 47.8 Å². The quantitative estimate of drug-likeness (QED) is 0.546. The van der Waals surface area contributed by atoms with Crippen LogP contribution in [0.2, 0.25) is 0 Å². The fourth-order valence-electron chi connectivity index (χ4n) is 4.79. The van der Waals surface area contributed by atoms with E-state index in [0.29, 0.717) is 49.0 Å². The predicted octanol–water partition coefficient (Wildman–Crippen LogP) is 2.15. The molecule has 1 saturated heterocycles. The van der Waals surface area contributed by atoms with E-state index in [1.807, 2.05) is 31.3 Å². The molecule has 3 aromatic rings. The molecular weight excluding hydrogens is 454 g/mol. The van der Waals surface area contributed by atoms with E-state index in [1.165, 1.54) is 0 Å². The predicted molar refractivity (Wildman–Crippen MR) is 130 cm³/mol. The van der Waals surface area contributed by atoms with E-state index in [9.17, 15) is 8.42 Å². The molecule has 5 rings (SSSR count). The van der Waals surface area contributed by atoms with Crippen LogP contribution in [0.25, 0.3) is 10.9 Å². The van der Waals surface area contributed by atoms with Crippen LogP contribution in [0.5, 0.6) is 11.5 Å². The van der Waals surface area contributed by atoms with E-state index in [0.717, 1.165) is 40.9 Å². The molecular formula is C24H29N5O4S. The highest BCUT2D eigenvalue weighted by atomic mass is 32.2. The van der Waals surface area contributed by atoms with E-state index < -0.39 is 10.0 Å². The first-order chi connectivity index (χ1) is 16.4. The minimum atomic E-state index is -3.53. The van der Waals surface area contributed by atoms with Gasteiger partial charge < -0.3 is 19.3 Å². The summed E-state index contributed by atoms with van der Waals surface area (Å²) in [6.07, 6.45) is 2.17. The average Bonchev–Trinajstić information content (AvgIpc) is 2.87. The molecule has 180 valence electrons. The number of likely N-dealkylation sites (N-methyl/N-ethyl adjacent to an activating group) is 1. The largest absolute Gasteiger partial charge is 0.493 e. The Balaban J connectivity index is 1.49. The number of benzene rings is 2. The molecule has 0 radical (unpaired) electrons. The summed E-state index contributed by atoms with van der Waals surface area (Å²) in [5.74, 6) is 2.02. The van der Waals surface area contributed by atoms with Gasteiger partial charge in [0.05, 0.1) is 24.6 Å². The Morgan fingerprint density at radius 1 is 0.941 bits per heavy atom. The number of anilines is 1. The second kappa shape index (κ2) is 9.01. The Morgan fingerprint density at radius 2 is 1.68 bits per heavy atom. The molecule has 3 heterocycles. The van der Waals surface area contributed by atoms with Gasteiger partial charge >= 0.3 is 0 Å². The van der Waals surface area contributed by atoms with Crippen LogP contribution in [-0.2, 0) is 23.0 Å². The summed E-state index contributed by atoms with van der Waals surface area (Å²) in [4.78, 5) is 13.7. The zero-order chi connectivity index (χ0) is 23.9. The lowest BCUT2D eigenvalue weighted by Gasteiger charge is -2.34. The molecule has 0 amide bonds. The molecule has 1 fully saturated rings. The summed E-state index contributed by atoms with van der Waals surface area (Å²) in [7, 11) is 1.69. The van der Waals surface area contributed by atoms with Crippen molar-refractivity contribution in [1.82, 2.24) is 19.2 Å². The van der Waals surface area contributed by atoms with Crippen molar-refractivity contribution >= 4 is 26.7 Å². The van der Waals surface area contributed by atoms with Crippen LogP contribution < -0.4 is 14.4 Å². The smallest absolute Gasteiger partial charge is 0.243 e. The van der Waals surface area contributed by atoms with Gasteiger partial charge in [0.1, 0.15) is 12.1 Å². The molecule has 9 nitrogen and oxygen atoms in total. The second-order valence-electron chi connectivity index (χ2n) is 8.69. The van der Waals surface area contributed by atoms with Crippen LogP contribution in [0, 0.1) is 0 Å². The number of aromatic nitrogens is 2. The maximum atomic E-state index is 13.5. The monoisotopic (exact) mass is 483 g/mol. The van der Waals surface area contributed by atoms with Crippen LogP contribution in [0.4, 0.5) is 5.82 Å². The lowest BCUT2D eigenvalue weighted by atomic mass is 9.99. The molecule has 2 aliphatic heterocycles. The molecule has 0 spiro atoms. The van der Waals surface area contributed by atoms with Crippen molar-refractivity contribution in [3.63, 3.8) is 0 Å². The molecule has 10 heteroatoms. The average molecular weight is 484 g/mol. The second-order valence-corrected chi connectivity index (χ2v) is 10.6. The zero-order valence-corrected chi connectivity index (χ0v) is 20.5. The summed E-state index contributed by atoms with van der Waals surface area (Å²) < 4.78 is 39.5. The first-order valence-corrected chi connectivity index (χ1v) is 12.8.